The fraction of sp³-hybridized carbons (Fsp3) is 0.593. The minimum Gasteiger partial charge on any atom is -0.480 e. The van der Waals surface area contributed by atoms with Gasteiger partial charge in [0.1, 0.15) is 5.52 Å². The predicted octanol–water partition coefficient (Wildman–Crippen LogP) is 6.32. The molecule has 0 aliphatic heterocycles. The summed E-state index contributed by atoms with van der Waals surface area (Å²) in [4.78, 5) is 17.4. The van der Waals surface area contributed by atoms with Crippen LogP contribution in [0.3, 0.4) is 0 Å². The number of rotatable bonds is 11. The van der Waals surface area contributed by atoms with E-state index in [1.165, 1.54) is 12.8 Å². The highest BCUT2D eigenvalue weighted by Gasteiger charge is 2.21. The summed E-state index contributed by atoms with van der Waals surface area (Å²) < 4.78 is 7.99. The van der Waals surface area contributed by atoms with Crippen molar-refractivity contribution in [2.45, 2.75) is 79.7 Å². The number of hydrogen-bond acceptors (Lipinski definition) is 5. The van der Waals surface area contributed by atoms with Crippen LogP contribution in [0, 0.1) is 13.8 Å². The van der Waals surface area contributed by atoms with E-state index in [4.69, 9.17) is 19.7 Å². The average Bonchev–Trinajstić information content (AvgIpc) is 3.13. The zero-order chi connectivity index (χ0) is 24.1. The summed E-state index contributed by atoms with van der Waals surface area (Å²) in [6.07, 6.45) is 5.75. The smallest absolute Gasteiger partial charge is 0.222 e. The molecular formula is C27H41N5O. The SMILES string of the molecule is CCCCN(CC)CC(CC)n1cc(C)c2nc(-c3ccc(C(C)C)nc3OC)c(C)nc21. The maximum atomic E-state index is 5.65. The molecule has 0 fully saturated rings. The van der Waals surface area contributed by atoms with E-state index in [0.717, 1.165) is 65.4 Å². The van der Waals surface area contributed by atoms with E-state index in [9.17, 15) is 0 Å². The van der Waals surface area contributed by atoms with Gasteiger partial charge in [-0.05, 0) is 63.4 Å². The van der Waals surface area contributed by atoms with Crippen LogP contribution in [0.2, 0.25) is 0 Å². The number of hydrogen-bond donors (Lipinski definition) is 0. The molecule has 3 aromatic rings. The average molecular weight is 452 g/mol. The Kier molecular flexibility index (Phi) is 8.46. The van der Waals surface area contributed by atoms with Crippen LogP contribution in [0.4, 0.5) is 0 Å². The second-order valence-electron chi connectivity index (χ2n) is 9.31. The summed E-state index contributed by atoms with van der Waals surface area (Å²) in [6, 6.07) is 4.51. The van der Waals surface area contributed by atoms with Crippen molar-refractivity contribution < 1.29 is 4.74 Å². The molecule has 0 bridgehead atoms. The van der Waals surface area contributed by atoms with Crippen molar-refractivity contribution in [1.29, 1.82) is 0 Å². The molecule has 3 rings (SSSR count). The first-order chi connectivity index (χ1) is 15.8. The van der Waals surface area contributed by atoms with Gasteiger partial charge in [0.25, 0.3) is 0 Å². The number of nitrogens with zero attached hydrogens (tertiary/aromatic N) is 5. The highest BCUT2D eigenvalue weighted by molar-refractivity contribution is 5.81. The summed E-state index contributed by atoms with van der Waals surface area (Å²) in [5.74, 6) is 0.945. The number of aromatic nitrogens is 4. The van der Waals surface area contributed by atoms with Crippen molar-refractivity contribution in [2.75, 3.05) is 26.7 Å². The van der Waals surface area contributed by atoms with Gasteiger partial charge < -0.3 is 14.2 Å². The summed E-state index contributed by atoms with van der Waals surface area (Å²) in [6.45, 7) is 18.5. The second-order valence-corrected chi connectivity index (χ2v) is 9.31. The van der Waals surface area contributed by atoms with E-state index < -0.39 is 0 Å². The molecule has 6 nitrogen and oxygen atoms in total. The Morgan fingerprint density at radius 2 is 1.82 bits per heavy atom. The molecule has 1 atom stereocenters. The van der Waals surface area contributed by atoms with Gasteiger partial charge in [-0.2, -0.15) is 0 Å². The molecule has 6 heteroatoms. The Morgan fingerprint density at radius 1 is 1.06 bits per heavy atom. The van der Waals surface area contributed by atoms with Gasteiger partial charge in [0.15, 0.2) is 5.65 Å². The topological polar surface area (TPSA) is 56.1 Å². The molecule has 0 spiro atoms. The molecule has 180 valence electrons. The Labute approximate surface area is 199 Å². The molecule has 0 saturated carbocycles. The molecule has 33 heavy (non-hydrogen) atoms. The zero-order valence-corrected chi connectivity index (χ0v) is 21.8. The number of unbranched alkanes of at least 4 members (excludes halogenated alkanes) is 1. The van der Waals surface area contributed by atoms with Crippen molar-refractivity contribution >= 4 is 11.2 Å². The van der Waals surface area contributed by atoms with E-state index >= 15 is 0 Å². The fourth-order valence-electron chi connectivity index (χ4n) is 4.40. The van der Waals surface area contributed by atoms with E-state index in [-0.39, 0.29) is 0 Å². The number of aryl methyl sites for hydroxylation is 2. The van der Waals surface area contributed by atoms with Gasteiger partial charge >= 0.3 is 0 Å². The Hall–Kier alpha value is -2.47. The number of methoxy groups -OCH3 is 1. The maximum absolute atomic E-state index is 5.65. The van der Waals surface area contributed by atoms with Gasteiger partial charge in [-0.25, -0.2) is 15.0 Å². The largest absolute Gasteiger partial charge is 0.480 e. The number of pyridine rings is 1. The van der Waals surface area contributed by atoms with Crippen molar-refractivity contribution in [3.63, 3.8) is 0 Å². The van der Waals surface area contributed by atoms with Crippen molar-refractivity contribution in [1.82, 2.24) is 24.4 Å². The highest BCUT2D eigenvalue weighted by Crippen LogP contribution is 2.33. The third-order valence-corrected chi connectivity index (χ3v) is 6.53. The highest BCUT2D eigenvalue weighted by atomic mass is 16.5. The normalized spacial score (nSPS) is 12.8. The van der Waals surface area contributed by atoms with Crippen molar-refractivity contribution in [3.8, 4) is 17.1 Å². The molecule has 1 unspecified atom stereocenters. The fourth-order valence-corrected chi connectivity index (χ4v) is 4.40. The molecule has 3 heterocycles. The third-order valence-electron chi connectivity index (χ3n) is 6.53. The Morgan fingerprint density at radius 3 is 2.42 bits per heavy atom. The van der Waals surface area contributed by atoms with Crippen LogP contribution in [0.5, 0.6) is 5.88 Å². The lowest BCUT2D eigenvalue weighted by Gasteiger charge is -2.27. The summed E-state index contributed by atoms with van der Waals surface area (Å²) >= 11 is 0. The lowest BCUT2D eigenvalue weighted by Crippen LogP contribution is -2.31. The molecule has 3 aromatic heterocycles. The van der Waals surface area contributed by atoms with Gasteiger partial charge in [0.05, 0.1) is 24.1 Å². The quantitative estimate of drug-likeness (QED) is 0.342. The molecule has 0 radical (unpaired) electrons. The third kappa shape index (κ3) is 5.37. The van der Waals surface area contributed by atoms with E-state index in [2.05, 4.69) is 69.3 Å². The van der Waals surface area contributed by atoms with Crippen LogP contribution in [0.25, 0.3) is 22.4 Å². The number of ether oxygens (including phenoxy) is 1. The molecule has 0 saturated heterocycles. The van der Waals surface area contributed by atoms with E-state index in [1.807, 2.05) is 6.92 Å². The van der Waals surface area contributed by atoms with Crippen LogP contribution in [0.15, 0.2) is 18.3 Å². The summed E-state index contributed by atoms with van der Waals surface area (Å²) in [5.41, 5.74) is 6.73. The molecular weight excluding hydrogens is 410 g/mol. The van der Waals surface area contributed by atoms with Crippen LogP contribution in [-0.4, -0.2) is 51.2 Å². The monoisotopic (exact) mass is 451 g/mol. The van der Waals surface area contributed by atoms with Crippen LogP contribution < -0.4 is 4.74 Å². The summed E-state index contributed by atoms with van der Waals surface area (Å²) in [5, 5.41) is 0. The van der Waals surface area contributed by atoms with Crippen LogP contribution >= 0.6 is 0 Å². The molecule has 0 aliphatic rings. The molecule has 0 aliphatic carbocycles. The van der Waals surface area contributed by atoms with Gasteiger partial charge in [-0.3, -0.25) is 0 Å². The lowest BCUT2D eigenvalue weighted by molar-refractivity contribution is 0.237. The van der Waals surface area contributed by atoms with Gasteiger partial charge in [-0.15, -0.1) is 0 Å². The molecule has 0 N–H and O–H groups in total. The Bertz CT molecular complexity index is 1070. The molecule has 0 amide bonds. The zero-order valence-electron chi connectivity index (χ0n) is 21.8. The van der Waals surface area contributed by atoms with Gasteiger partial charge in [0.2, 0.25) is 5.88 Å². The van der Waals surface area contributed by atoms with Crippen LogP contribution in [-0.2, 0) is 0 Å². The number of fused-ring (bicyclic) bond motifs is 1. The van der Waals surface area contributed by atoms with Crippen LogP contribution in [0.1, 0.15) is 82.8 Å². The predicted molar refractivity (Wildman–Crippen MR) is 137 cm³/mol. The van der Waals surface area contributed by atoms with Gasteiger partial charge in [0, 0.05) is 24.5 Å². The lowest BCUT2D eigenvalue weighted by atomic mass is 10.1. The van der Waals surface area contributed by atoms with Crippen molar-refractivity contribution in [2.24, 2.45) is 0 Å². The van der Waals surface area contributed by atoms with E-state index in [0.29, 0.717) is 17.8 Å². The van der Waals surface area contributed by atoms with E-state index in [1.54, 1.807) is 7.11 Å². The minimum absolute atomic E-state index is 0.338. The van der Waals surface area contributed by atoms with Crippen molar-refractivity contribution in [3.05, 3.63) is 35.3 Å². The van der Waals surface area contributed by atoms with Gasteiger partial charge in [-0.1, -0.05) is 41.0 Å². The first kappa shape index (κ1) is 25.2. The molecule has 0 aromatic carbocycles. The minimum atomic E-state index is 0.338. The maximum Gasteiger partial charge on any atom is 0.222 e. The first-order valence-electron chi connectivity index (χ1n) is 12.5. The standard InChI is InChI=1S/C27H41N5O/c1-9-12-15-31(11-3)17-21(10-2)32-16-19(6)24-26(32)28-20(7)25(30-24)22-13-14-23(18(4)5)29-27(22)33-8/h13-14,16,18,21H,9-12,15,17H2,1-8H3. The Balaban J connectivity index is 2.04. The summed E-state index contributed by atoms with van der Waals surface area (Å²) in [7, 11) is 1.67. The first-order valence-corrected chi connectivity index (χ1v) is 12.5. The number of likely N-dealkylation sites (N-methyl/N-ethyl adjacent to an activating group) is 1. The second kappa shape index (κ2) is 11.1.